The standard InChI is InChI=1S/C13H25NO2/c1-8-9-10(12(2,3)4)14-11(15)16-13(5,6)7/h8,10H,1,9H2,2-7H3,(H,14,15)/t10-/m1/s1. The van der Waals surface area contributed by atoms with Gasteiger partial charge in [0, 0.05) is 6.04 Å². The summed E-state index contributed by atoms with van der Waals surface area (Å²) in [5.41, 5.74) is -0.466. The second-order valence-corrected chi connectivity index (χ2v) is 6.09. The van der Waals surface area contributed by atoms with Crippen LogP contribution in [0.1, 0.15) is 48.0 Å². The molecule has 0 aromatic heterocycles. The smallest absolute Gasteiger partial charge is 0.407 e. The Kier molecular flexibility index (Phi) is 5.04. The summed E-state index contributed by atoms with van der Waals surface area (Å²) >= 11 is 0. The van der Waals surface area contributed by atoms with Gasteiger partial charge < -0.3 is 10.1 Å². The summed E-state index contributed by atoms with van der Waals surface area (Å²) in [6.45, 7) is 15.5. The van der Waals surface area contributed by atoms with Crippen molar-refractivity contribution in [2.24, 2.45) is 5.41 Å². The number of amides is 1. The van der Waals surface area contributed by atoms with Gasteiger partial charge in [-0.1, -0.05) is 26.8 Å². The van der Waals surface area contributed by atoms with Crippen molar-refractivity contribution in [1.82, 2.24) is 5.32 Å². The van der Waals surface area contributed by atoms with Crippen LogP contribution in [-0.2, 0) is 4.74 Å². The van der Waals surface area contributed by atoms with Crippen LogP contribution in [0.15, 0.2) is 12.7 Å². The Morgan fingerprint density at radius 2 is 1.81 bits per heavy atom. The van der Waals surface area contributed by atoms with Crippen LogP contribution >= 0.6 is 0 Å². The van der Waals surface area contributed by atoms with E-state index in [1.807, 2.05) is 26.8 Å². The van der Waals surface area contributed by atoms with Gasteiger partial charge in [-0.15, -0.1) is 6.58 Å². The second kappa shape index (κ2) is 5.37. The first-order valence-corrected chi connectivity index (χ1v) is 5.66. The fourth-order valence-electron chi connectivity index (χ4n) is 1.25. The van der Waals surface area contributed by atoms with E-state index in [0.29, 0.717) is 0 Å². The quantitative estimate of drug-likeness (QED) is 0.749. The van der Waals surface area contributed by atoms with Crippen LogP contribution in [-0.4, -0.2) is 17.7 Å². The van der Waals surface area contributed by atoms with Crippen molar-refractivity contribution in [1.29, 1.82) is 0 Å². The molecule has 0 aromatic rings. The molecule has 1 N–H and O–H groups in total. The molecule has 0 bridgehead atoms. The first-order chi connectivity index (χ1) is 7.06. The lowest BCUT2D eigenvalue weighted by molar-refractivity contribution is 0.0465. The molecule has 0 radical (unpaired) electrons. The Hall–Kier alpha value is -0.990. The number of rotatable bonds is 3. The van der Waals surface area contributed by atoms with Gasteiger partial charge in [-0.2, -0.15) is 0 Å². The van der Waals surface area contributed by atoms with Crippen LogP contribution in [0.5, 0.6) is 0 Å². The predicted octanol–water partition coefficient (Wildman–Crippen LogP) is 3.50. The molecule has 3 nitrogen and oxygen atoms in total. The molecule has 0 heterocycles. The maximum atomic E-state index is 11.6. The van der Waals surface area contributed by atoms with Crippen LogP contribution in [0.4, 0.5) is 4.79 Å². The van der Waals surface area contributed by atoms with Crippen molar-refractivity contribution < 1.29 is 9.53 Å². The average Bonchev–Trinajstić information content (AvgIpc) is 1.97. The van der Waals surface area contributed by atoms with E-state index in [1.54, 1.807) is 0 Å². The Balaban J connectivity index is 4.42. The number of nitrogens with one attached hydrogen (secondary N) is 1. The number of carbonyl (C=O) groups is 1. The SMILES string of the molecule is C=CC[C@@H](NC(=O)OC(C)(C)C)C(C)(C)C. The summed E-state index contributed by atoms with van der Waals surface area (Å²) in [4.78, 5) is 11.6. The lowest BCUT2D eigenvalue weighted by Crippen LogP contribution is -2.45. The lowest BCUT2D eigenvalue weighted by Gasteiger charge is -2.31. The summed E-state index contributed by atoms with van der Waals surface area (Å²) in [5.74, 6) is 0. The van der Waals surface area contributed by atoms with E-state index in [-0.39, 0.29) is 17.6 Å². The predicted molar refractivity (Wildman–Crippen MR) is 67.4 cm³/mol. The molecular formula is C13H25NO2. The van der Waals surface area contributed by atoms with Crippen molar-refractivity contribution >= 4 is 6.09 Å². The summed E-state index contributed by atoms with van der Waals surface area (Å²) in [5, 5.41) is 2.88. The van der Waals surface area contributed by atoms with Gasteiger partial charge in [0.25, 0.3) is 0 Å². The maximum Gasteiger partial charge on any atom is 0.407 e. The molecule has 0 aliphatic heterocycles. The van der Waals surface area contributed by atoms with Crippen molar-refractivity contribution in [3.63, 3.8) is 0 Å². The van der Waals surface area contributed by atoms with Gasteiger partial charge in [0.15, 0.2) is 0 Å². The van der Waals surface area contributed by atoms with Crippen molar-refractivity contribution in [2.45, 2.75) is 59.6 Å². The van der Waals surface area contributed by atoms with E-state index in [2.05, 4.69) is 32.7 Å². The fourth-order valence-corrected chi connectivity index (χ4v) is 1.25. The Morgan fingerprint density at radius 1 is 1.31 bits per heavy atom. The molecule has 94 valence electrons. The zero-order chi connectivity index (χ0) is 13.0. The van der Waals surface area contributed by atoms with Gasteiger partial charge in [-0.25, -0.2) is 4.79 Å². The van der Waals surface area contributed by atoms with Crippen LogP contribution in [0.25, 0.3) is 0 Å². The number of carbonyl (C=O) groups excluding carboxylic acids is 1. The molecule has 0 unspecified atom stereocenters. The van der Waals surface area contributed by atoms with Gasteiger partial charge in [0.2, 0.25) is 0 Å². The average molecular weight is 227 g/mol. The summed E-state index contributed by atoms with van der Waals surface area (Å²) in [6.07, 6.45) is 2.19. The van der Waals surface area contributed by atoms with Gasteiger partial charge in [0.1, 0.15) is 5.60 Å². The third kappa shape index (κ3) is 6.49. The van der Waals surface area contributed by atoms with Crippen molar-refractivity contribution in [3.05, 3.63) is 12.7 Å². The molecule has 3 heteroatoms. The summed E-state index contributed by atoms with van der Waals surface area (Å²) in [6, 6.07) is 0.0415. The maximum absolute atomic E-state index is 11.6. The zero-order valence-electron chi connectivity index (χ0n) is 11.4. The monoisotopic (exact) mass is 227 g/mol. The van der Waals surface area contributed by atoms with Crippen LogP contribution in [0.3, 0.4) is 0 Å². The minimum Gasteiger partial charge on any atom is -0.444 e. The highest BCUT2D eigenvalue weighted by atomic mass is 16.6. The van der Waals surface area contributed by atoms with E-state index >= 15 is 0 Å². The summed E-state index contributed by atoms with van der Waals surface area (Å²) in [7, 11) is 0. The summed E-state index contributed by atoms with van der Waals surface area (Å²) < 4.78 is 5.23. The molecule has 0 aromatic carbocycles. The molecule has 0 saturated carbocycles. The second-order valence-electron chi connectivity index (χ2n) is 6.09. The molecule has 0 saturated heterocycles. The highest BCUT2D eigenvalue weighted by Crippen LogP contribution is 2.22. The van der Waals surface area contributed by atoms with E-state index in [4.69, 9.17) is 4.74 Å². The number of ether oxygens (including phenoxy) is 1. The number of alkyl carbamates (subject to hydrolysis) is 1. The lowest BCUT2D eigenvalue weighted by atomic mass is 9.85. The van der Waals surface area contributed by atoms with Crippen LogP contribution in [0.2, 0.25) is 0 Å². The Bertz CT molecular complexity index is 246. The molecule has 1 atom stereocenters. The van der Waals surface area contributed by atoms with E-state index in [0.717, 1.165) is 6.42 Å². The molecule has 0 rings (SSSR count). The fraction of sp³-hybridized carbons (Fsp3) is 0.769. The van der Waals surface area contributed by atoms with Gasteiger partial charge in [0.05, 0.1) is 0 Å². The third-order valence-electron chi connectivity index (χ3n) is 2.14. The Morgan fingerprint density at radius 3 is 2.12 bits per heavy atom. The first-order valence-electron chi connectivity index (χ1n) is 5.66. The van der Waals surface area contributed by atoms with E-state index < -0.39 is 5.60 Å². The molecule has 0 spiro atoms. The first kappa shape index (κ1) is 15.0. The molecule has 0 aliphatic carbocycles. The minimum absolute atomic E-state index is 0.00884. The van der Waals surface area contributed by atoms with E-state index in [1.165, 1.54) is 0 Å². The van der Waals surface area contributed by atoms with Gasteiger partial charge in [-0.05, 0) is 32.6 Å². The van der Waals surface area contributed by atoms with Crippen molar-refractivity contribution in [2.75, 3.05) is 0 Å². The van der Waals surface area contributed by atoms with Crippen molar-refractivity contribution in [3.8, 4) is 0 Å². The largest absolute Gasteiger partial charge is 0.444 e. The van der Waals surface area contributed by atoms with Gasteiger partial charge >= 0.3 is 6.09 Å². The zero-order valence-corrected chi connectivity index (χ0v) is 11.4. The molecule has 16 heavy (non-hydrogen) atoms. The molecule has 1 amide bonds. The molecule has 0 fully saturated rings. The van der Waals surface area contributed by atoms with Crippen LogP contribution in [0, 0.1) is 5.41 Å². The topological polar surface area (TPSA) is 38.3 Å². The minimum atomic E-state index is -0.458. The van der Waals surface area contributed by atoms with Crippen LogP contribution < -0.4 is 5.32 Å². The third-order valence-corrected chi connectivity index (χ3v) is 2.14. The molecule has 0 aliphatic rings. The number of hydrogen-bond donors (Lipinski definition) is 1. The number of hydrogen-bond acceptors (Lipinski definition) is 2. The Labute approximate surface area is 99.3 Å². The van der Waals surface area contributed by atoms with Gasteiger partial charge in [-0.3, -0.25) is 0 Å². The molecular weight excluding hydrogens is 202 g/mol. The highest BCUT2D eigenvalue weighted by Gasteiger charge is 2.27. The normalized spacial score (nSPS) is 14.1. The highest BCUT2D eigenvalue weighted by molar-refractivity contribution is 5.68. The van der Waals surface area contributed by atoms with E-state index in [9.17, 15) is 4.79 Å².